The van der Waals surface area contributed by atoms with Crippen LogP contribution < -0.4 is 4.31 Å². The molecule has 3 rings (SSSR count). The van der Waals surface area contributed by atoms with Crippen molar-refractivity contribution in [1.82, 2.24) is 0 Å². The third-order valence-corrected chi connectivity index (χ3v) is 4.67. The Morgan fingerprint density at radius 1 is 1.16 bits per heavy atom. The number of aromatic carboxylic acids is 1. The Hall–Kier alpha value is -2.55. The van der Waals surface area contributed by atoms with Crippen molar-refractivity contribution in [2.24, 2.45) is 0 Å². The maximum atomic E-state index is 11.9. The molecule has 3 aromatic rings. The number of aryl methyl sites for hydroxylation is 1. The second-order valence-corrected chi connectivity index (χ2v) is 7.00. The molecule has 0 atom stereocenters. The molecule has 0 fully saturated rings. The van der Waals surface area contributed by atoms with E-state index < -0.39 is 16.3 Å². The average Bonchev–Trinajstić information content (AvgIpc) is 2.92. The summed E-state index contributed by atoms with van der Waals surface area (Å²) in [7, 11) is -4.68. The number of hydrogen-bond donors (Lipinski definition) is 2. The predicted octanol–water partition coefficient (Wildman–Crippen LogP) is 4.03. The SMILES string of the molecule is Cc1ccc(N(c2ccc3oc(C(=O)O)cc3c2)S(=O)(=O)O)c(Cl)c1. The molecule has 0 aliphatic carbocycles. The highest BCUT2D eigenvalue weighted by atomic mass is 35.5. The molecule has 2 aromatic carbocycles. The fraction of sp³-hybridized carbons (Fsp3) is 0.0625. The molecule has 7 nitrogen and oxygen atoms in total. The Labute approximate surface area is 147 Å². The second-order valence-electron chi connectivity index (χ2n) is 5.34. The molecule has 0 saturated heterocycles. The molecule has 1 heterocycles. The van der Waals surface area contributed by atoms with E-state index in [9.17, 15) is 17.8 Å². The summed E-state index contributed by atoms with van der Waals surface area (Å²) >= 11 is 6.13. The number of carboxylic acid groups (broad SMARTS) is 1. The summed E-state index contributed by atoms with van der Waals surface area (Å²) in [6.07, 6.45) is 0. The van der Waals surface area contributed by atoms with Gasteiger partial charge >= 0.3 is 16.3 Å². The minimum atomic E-state index is -4.68. The molecular weight excluding hydrogens is 370 g/mol. The summed E-state index contributed by atoms with van der Waals surface area (Å²) in [5, 5.41) is 9.48. The first-order valence-electron chi connectivity index (χ1n) is 6.97. The number of carboxylic acids is 1. The Balaban J connectivity index is 2.20. The fourth-order valence-corrected chi connectivity index (χ4v) is 3.59. The van der Waals surface area contributed by atoms with Crippen LogP contribution in [0.3, 0.4) is 0 Å². The van der Waals surface area contributed by atoms with Crippen molar-refractivity contribution < 1.29 is 27.3 Å². The van der Waals surface area contributed by atoms with E-state index in [1.807, 2.05) is 0 Å². The van der Waals surface area contributed by atoms with Crippen LogP contribution in [0.25, 0.3) is 11.0 Å². The largest absolute Gasteiger partial charge is 0.475 e. The summed E-state index contributed by atoms with van der Waals surface area (Å²) in [4.78, 5) is 11.0. The van der Waals surface area contributed by atoms with Gasteiger partial charge in [-0.1, -0.05) is 17.7 Å². The minimum Gasteiger partial charge on any atom is -0.475 e. The molecule has 0 saturated carbocycles. The zero-order chi connectivity index (χ0) is 18.4. The van der Waals surface area contributed by atoms with Gasteiger partial charge in [-0.05, 0) is 48.9 Å². The van der Waals surface area contributed by atoms with E-state index in [2.05, 4.69) is 0 Å². The van der Waals surface area contributed by atoms with E-state index in [4.69, 9.17) is 21.1 Å². The molecule has 0 unspecified atom stereocenters. The van der Waals surface area contributed by atoms with Crippen LogP contribution in [0.4, 0.5) is 11.4 Å². The van der Waals surface area contributed by atoms with Crippen molar-refractivity contribution in [3.8, 4) is 0 Å². The lowest BCUT2D eigenvalue weighted by molar-refractivity contribution is 0.0665. The normalized spacial score (nSPS) is 11.6. The average molecular weight is 382 g/mol. The molecule has 9 heteroatoms. The van der Waals surface area contributed by atoms with E-state index in [0.717, 1.165) is 5.56 Å². The van der Waals surface area contributed by atoms with Gasteiger partial charge in [0.15, 0.2) is 0 Å². The third kappa shape index (κ3) is 3.32. The van der Waals surface area contributed by atoms with E-state index in [-0.39, 0.29) is 27.7 Å². The number of nitrogens with zero attached hydrogens (tertiary/aromatic N) is 1. The van der Waals surface area contributed by atoms with Gasteiger partial charge in [-0.15, -0.1) is 0 Å². The van der Waals surface area contributed by atoms with Crippen molar-refractivity contribution in [1.29, 1.82) is 0 Å². The number of anilines is 2. The van der Waals surface area contributed by atoms with Crippen LogP contribution in [0.2, 0.25) is 5.02 Å². The minimum absolute atomic E-state index is 0.0658. The molecule has 1 aromatic heterocycles. The van der Waals surface area contributed by atoms with Crippen LogP contribution in [0, 0.1) is 6.92 Å². The van der Waals surface area contributed by atoms with E-state index in [1.165, 1.54) is 30.3 Å². The molecule has 2 N–H and O–H groups in total. The van der Waals surface area contributed by atoms with Gasteiger partial charge in [0.1, 0.15) is 5.58 Å². The van der Waals surface area contributed by atoms with Crippen LogP contribution in [0.5, 0.6) is 0 Å². The van der Waals surface area contributed by atoms with Crippen LogP contribution in [-0.4, -0.2) is 24.0 Å². The van der Waals surface area contributed by atoms with Gasteiger partial charge < -0.3 is 9.52 Å². The first-order chi connectivity index (χ1) is 11.7. The summed E-state index contributed by atoms with van der Waals surface area (Å²) in [6.45, 7) is 1.79. The molecule has 0 bridgehead atoms. The summed E-state index contributed by atoms with van der Waals surface area (Å²) in [5.74, 6) is -1.52. The second kappa shape index (κ2) is 6.07. The Morgan fingerprint density at radius 3 is 2.48 bits per heavy atom. The van der Waals surface area contributed by atoms with E-state index in [1.54, 1.807) is 19.1 Å². The zero-order valence-corrected chi connectivity index (χ0v) is 14.4. The summed E-state index contributed by atoms with van der Waals surface area (Å²) in [6, 6.07) is 10.1. The first kappa shape index (κ1) is 17.3. The maximum absolute atomic E-state index is 11.9. The summed E-state index contributed by atoms with van der Waals surface area (Å²) < 4.78 is 39.3. The van der Waals surface area contributed by atoms with Gasteiger partial charge in [0, 0.05) is 5.39 Å². The van der Waals surface area contributed by atoms with Crippen LogP contribution >= 0.6 is 11.6 Å². The standard InChI is InChI=1S/C16H12ClNO6S/c1-9-2-4-13(12(17)6-9)18(25(21,22)23)11-3-5-14-10(7-11)8-15(24-14)16(19)20/h2-8H,1H3,(H,19,20)(H,21,22,23). The fourth-order valence-electron chi connectivity index (χ4n) is 2.44. The predicted molar refractivity (Wildman–Crippen MR) is 93.0 cm³/mol. The molecule has 0 aliphatic heterocycles. The lowest BCUT2D eigenvalue weighted by atomic mass is 10.2. The molecular formula is C16H12ClNO6S. The Kier molecular flexibility index (Phi) is 4.19. The number of furan rings is 1. The zero-order valence-electron chi connectivity index (χ0n) is 12.8. The Morgan fingerprint density at radius 2 is 1.88 bits per heavy atom. The van der Waals surface area contributed by atoms with Crippen molar-refractivity contribution in [3.63, 3.8) is 0 Å². The van der Waals surface area contributed by atoms with Gasteiger partial charge in [0.2, 0.25) is 5.76 Å². The van der Waals surface area contributed by atoms with E-state index >= 15 is 0 Å². The van der Waals surface area contributed by atoms with Crippen LogP contribution in [0.15, 0.2) is 46.9 Å². The third-order valence-electron chi connectivity index (χ3n) is 3.50. The van der Waals surface area contributed by atoms with Gasteiger partial charge in [-0.25, -0.2) is 9.10 Å². The first-order valence-corrected chi connectivity index (χ1v) is 8.75. The van der Waals surface area contributed by atoms with Crippen molar-refractivity contribution in [2.45, 2.75) is 6.92 Å². The molecule has 130 valence electrons. The van der Waals surface area contributed by atoms with Gasteiger partial charge in [-0.2, -0.15) is 8.42 Å². The molecule has 0 aliphatic rings. The molecule has 25 heavy (non-hydrogen) atoms. The highest BCUT2D eigenvalue weighted by Crippen LogP contribution is 2.36. The van der Waals surface area contributed by atoms with Crippen molar-refractivity contribution in [2.75, 3.05) is 4.31 Å². The lowest BCUT2D eigenvalue weighted by Crippen LogP contribution is -2.25. The number of halogens is 1. The van der Waals surface area contributed by atoms with Gasteiger partial charge in [0.25, 0.3) is 0 Å². The number of carbonyl (C=O) groups is 1. The van der Waals surface area contributed by atoms with Crippen molar-refractivity contribution >= 4 is 50.2 Å². The smallest absolute Gasteiger partial charge is 0.371 e. The highest BCUT2D eigenvalue weighted by molar-refractivity contribution is 7.87. The number of fused-ring (bicyclic) bond motifs is 1. The lowest BCUT2D eigenvalue weighted by Gasteiger charge is -2.22. The molecule has 0 radical (unpaired) electrons. The monoisotopic (exact) mass is 381 g/mol. The summed E-state index contributed by atoms with van der Waals surface area (Å²) in [5.41, 5.74) is 1.24. The van der Waals surface area contributed by atoms with Crippen molar-refractivity contribution in [3.05, 3.63) is 58.8 Å². The van der Waals surface area contributed by atoms with Crippen LogP contribution in [-0.2, 0) is 10.3 Å². The van der Waals surface area contributed by atoms with Gasteiger partial charge in [-0.3, -0.25) is 4.55 Å². The highest BCUT2D eigenvalue weighted by Gasteiger charge is 2.25. The van der Waals surface area contributed by atoms with E-state index in [0.29, 0.717) is 9.69 Å². The topological polar surface area (TPSA) is 108 Å². The number of rotatable bonds is 4. The molecule has 0 amide bonds. The molecule has 0 spiro atoms. The van der Waals surface area contributed by atoms with Gasteiger partial charge in [0.05, 0.1) is 16.4 Å². The quantitative estimate of drug-likeness (QED) is 0.660. The number of hydrogen-bond acceptors (Lipinski definition) is 4. The Bertz CT molecular complexity index is 1090. The van der Waals surface area contributed by atoms with Crippen LogP contribution in [0.1, 0.15) is 16.1 Å². The maximum Gasteiger partial charge on any atom is 0.371 e. The number of benzene rings is 2.